The fourth-order valence-corrected chi connectivity index (χ4v) is 9.49. The molecule has 0 aliphatic carbocycles. The Hall–Kier alpha value is -3.09. The van der Waals surface area contributed by atoms with E-state index in [0.717, 1.165) is 16.5 Å². The first-order valence-electron chi connectivity index (χ1n) is 22.4. The summed E-state index contributed by atoms with van der Waals surface area (Å²) in [6, 6.07) is 9.35. The number of aliphatic hydroxyl groups excluding tert-OH is 2. The van der Waals surface area contributed by atoms with Crippen molar-refractivity contribution in [2.24, 2.45) is 28.8 Å². The molecule has 4 heterocycles. The number of rotatable bonds is 10. The zero-order valence-electron chi connectivity index (χ0n) is 38.8. The summed E-state index contributed by atoms with van der Waals surface area (Å²) in [4.78, 5) is 24.8. The summed E-state index contributed by atoms with van der Waals surface area (Å²) in [5.41, 5.74) is -0.203. The summed E-state index contributed by atoms with van der Waals surface area (Å²) in [5, 5.41) is 47.9. The molecule has 5 N–H and O–H groups in total. The number of para-hydroxylation sites is 1. The quantitative estimate of drug-likeness (QED) is 0.117. The van der Waals surface area contributed by atoms with Crippen molar-refractivity contribution in [3.8, 4) is 0 Å². The number of fused-ring (bicyclic) bond motifs is 1. The van der Waals surface area contributed by atoms with Crippen molar-refractivity contribution in [3.05, 3.63) is 48.4 Å². The molecule has 15 nitrogen and oxygen atoms in total. The number of hydrogen-bond donors (Lipinski definition) is 5. The molecule has 0 radical (unpaired) electrons. The van der Waals surface area contributed by atoms with Crippen LogP contribution in [0.3, 0.4) is 0 Å². The Bertz CT molecular complexity index is 1810. The number of aromatic nitrogens is 1. The van der Waals surface area contributed by atoms with Crippen LogP contribution in [0.15, 0.2) is 47.9 Å². The predicted molar refractivity (Wildman–Crippen MR) is 237 cm³/mol. The molecule has 4 unspecified atom stereocenters. The maximum absolute atomic E-state index is 14.3. The molecule has 62 heavy (non-hydrogen) atoms. The van der Waals surface area contributed by atoms with Crippen molar-refractivity contribution in [2.45, 2.75) is 174 Å². The topological polar surface area (TPSA) is 192 Å². The van der Waals surface area contributed by atoms with Crippen molar-refractivity contribution in [2.75, 3.05) is 20.7 Å². The molecule has 3 fully saturated rings. The van der Waals surface area contributed by atoms with Gasteiger partial charge in [-0.1, -0.05) is 51.0 Å². The van der Waals surface area contributed by atoms with Crippen LogP contribution in [0, 0.1) is 23.7 Å². The molecule has 1 aromatic heterocycles. The number of hydrogen-bond acceptors (Lipinski definition) is 15. The number of carbonyl (C=O) groups is 1. The number of carbonyl (C=O) groups excluding carboxylic acids is 1. The lowest BCUT2D eigenvalue weighted by atomic mass is 9.76. The van der Waals surface area contributed by atoms with Crippen LogP contribution in [0.2, 0.25) is 0 Å². The monoisotopic (exact) mass is 871 g/mol. The van der Waals surface area contributed by atoms with Gasteiger partial charge in [-0.25, -0.2) is 0 Å². The first-order valence-corrected chi connectivity index (χ1v) is 22.4. The first kappa shape index (κ1) is 49.9. The van der Waals surface area contributed by atoms with Crippen LogP contribution >= 0.6 is 0 Å². The van der Waals surface area contributed by atoms with Gasteiger partial charge in [0.15, 0.2) is 12.6 Å². The molecule has 3 aliphatic rings. The number of pyridine rings is 1. The van der Waals surface area contributed by atoms with Crippen LogP contribution in [0.4, 0.5) is 0 Å². The maximum Gasteiger partial charge on any atom is 0.311 e. The summed E-state index contributed by atoms with van der Waals surface area (Å²) in [5.74, 6) is -2.65. The summed E-state index contributed by atoms with van der Waals surface area (Å²) in [6.45, 7) is 19.2. The fraction of sp³-hybridized carbons (Fsp3) is 0.723. The molecule has 5 rings (SSSR count). The normalized spacial score (nSPS) is 41.4. The molecule has 0 saturated carbocycles. The van der Waals surface area contributed by atoms with E-state index in [9.17, 15) is 20.1 Å². The molecule has 0 amide bonds. The minimum atomic E-state index is -1.64. The Morgan fingerprint density at radius 3 is 2.45 bits per heavy atom. The van der Waals surface area contributed by atoms with Crippen molar-refractivity contribution < 1.29 is 53.4 Å². The minimum absolute atomic E-state index is 0.143. The van der Waals surface area contributed by atoms with Gasteiger partial charge in [0.25, 0.3) is 0 Å². The number of esters is 1. The van der Waals surface area contributed by atoms with Crippen molar-refractivity contribution in [1.82, 2.24) is 15.6 Å². The molecule has 3 saturated heterocycles. The SMILES string of the molecule is CCC1OC(=O)[C@H](C)C(O[C@H]2C[C@@](C)(OC)[C@@H](O)[C@H](C)O2)[C@H](C)[C@@H](O[C@@H]2O[C@H](C)C[C@H](NC)[C@H]2O)[C@@](C)(O)C[C@@H](C)/C(=N\O/C=C/c2cnc3ccccc3c2)C(C)CNC1C. The average Bonchev–Trinajstić information content (AvgIpc) is 3.24. The van der Waals surface area contributed by atoms with Crippen LogP contribution in [0.5, 0.6) is 0 Å². The Balaban J connectivity index is 1.55. The number of methoxy groups -OCH3 is 1. The van der Waals surface area contributed by atoms with Gasteiger partial charge in [0, 0.05) is 61.5 Å². The lowest BCUT2D eigenvalue weighted by molar-refractivity contribution is -0.315. The standard InChI is InChI=1S/C47H74N4O11/c1-13-37-31(7)49-24-27(3)39(51-57-19-18-33-21-34-16-14-15-17-35(34)50-25-33)26(2)22-46(9,55)43(62-45-40(52)36(48-11)20-28(4)58-45)29(5)41(30(6)44(54)60-37)61-38-23-47(10,56-12)42(53)32(8)59-38/h14-19,21,25-32,36-38,40-43,45,48-49,52-53,55H,13,20,22-24H2,1-12H3/b19-18+,51-39+/t26-,27?,28-,29+,30-,31?,32+,36+,37?,38+,40-,41?,42+,43-,45+,46+,47-/m1/s1. The molecule has 348 valence electrons. The number of nitrogens with zero attached hydrogens (tertiary/aromatic N) is 2. The minimum Gasteiger partial charge on any atom is -0.460 e. The third-order valence-electron chi connectivity index (χ3n) is 13.3. The second-order valence-corrected chi connectivity index (χ2v) is 18.5. The van der Waals surface area contributed by atoms with E-state index in [4.69, 9.17) is 33.3 Å². The van der Waals surface area contributed by atoms with E-state index in [1.54, 1.807) is 47.0 Å². The van der Waals surface area contributed by atoms with Gasteiger partial charge in [0.2, 0.25) is 0 Å². The molecular weight excluding hydrogens is 797 g/mol. The highest BCUT2D eigenvalue weighted by Crippen LogP contribution is 2.40. The number of benzene rings is 1. The van der Waals surface area contributed by atoms with E-state index in [-0.39, 0.29) is 42.9 Å². The van der Waals surface area contributed by atoms with Crippen LogP contribution < -0.4 is 10.6 Å². The lowest BCUT2D eigenvalue weighted by Crippen LogP contribution is -2.60. The fourth-order valence-electron chi connectivity index (χ4n) is 9.49. The van der Waals surface area contributed by atoms with E-state index < -0.39 is 78.2 Å². The predicted octanol–water partition coefficient (Wildman–Crippen LogP) is 5.33. The molecule has 1 aromatic carbocycles. The number of oxime groups is 1. The van der Waals surface area contributed by atoms with Crippen molar-refractivity contribution in [1.29, 1.82) is 0 Å². The third kappa shape index (κ3) is 12.0. The number of ether oxygens (including phenoxy) is 6. The zero-order chi connectivity index (χ0) is 45.5. The van der Waals surface area contributed by atoms with Gasteiger partial charge < -0.3 is 59.2 Å². The first-order chi connectivity index (χ1) is 29.3. The molecular formula is C47H74N4O11. The van der Waals surface area contributed by atoms with Gasteiger partial charge in [-0.05, 0) is 91.6 Å². The highest BCUT2D eigenvalue weighted by atomic mass is 16.7. The van der Waals surface area contributed by atoms with Gasteiger partial charge >= 0.3 is 5.97 Å². The van der Waals surface area contributed by atoms with Gasteiger partial charge in [-0.2, -0.15) is 0 Å². The van der Waals surface area contributed by atoms with Gasteiger partial charge in [-0.3, -0.25) is 9.78 Å². The smallest absolute Gasteiger partial charge is 0.311 e. The number of nitrogens with one attached hydrogen (secondary N) is 2. The van der Waals surface area contributed by atoms with Crippen molar-refractivity contribution >= 4 is 28.7 Å². The summed E-state index contributed by atoms with van der Waals surface area (Å²) < 4.78 is 38.2. The highest BCUT2D eigenvalue weighted by molar-refractivity contribution is 5.88. The van der Waals surface area contributed by atoms with E-state index >= 15 is 0 Å². The molecule has 17 atom stereocenters. The summed E-state index contributed by atoms with van der Waals surface area (Å²) in [7, 11) is 3.31. The van der Waals surface area contributed by atoms with E-state index in [1.165, 1.54) is 13.4 Å². The highest BCUT2D eigenvalue weighted by Gasteiger charge is 2.51. The Morgan fingerprint density at radius 1 is 1.03 bits per heavy atom. The largest absolute Gasteiger partial charge is 0.460 e. The van der Waals surface area contributed by atoms with E-state index in [0.29, 0.717) is 25.1 Å². The van der Waals surface area contributed by atoms with Crippen LogP contribution in [-0.2, 0) is 38.1 Å². The number of aliphatic hydroxyl groups is 3. The second-order valence-electron chi connectivity index (χ2n) is 18.5. The van der Waals surface area contributed by atoms with Gasteiger partial charge in [0.05, 0.1) is 52.8 Å². The average molecular weight is 871 g/mol. The summed E-state index contributed by atoms with van der Waals surface area (Å²) >= 11 is 0. The lowest BCUT2D eigenvalue weighted by Gasteiger charge is -2.48. The Kier molecular flexibility index (Phi) is 17.5. The molecule has 2 aromatic rings. The second kappa shape index (κ2) is 21.7. The van der Waals surface area contributed by atoms with Gasteiger partial charge in [-0.15, -0.1) is 0 Å². The Morgan fingerprint density at radius 2 is 1.76 bits per heavy atom. The molecule has 3 aliphatic heterocycles. The molecule has 0 spiro atoms. The molecule has 0 bridgehead atoms. The van der Waals surface area contributed by atoms with E-state index in [1.807, 2.05) is 71.9 Å². The van der Waals surface area contributed by atoms with E-state index in [2.05, 4.69) is 20.8 Å². The molecule has 15 heteroatoms. The maximum atomic E-state index is 14.3. The van der Waals surface area contributed by atoms with Crippen LogP contribution in [0.25, 0.3) is 17.0 Å². The third-order valence-corrected chi connectivity index (χ3v) is 13.3. The Labute approximate surface area is 368 Å². The zero-order valence-corrected chi connectivity index (χ0v) is 38.8. The van der Waals surface area contributed by atoms with Crippen LogP contribution in [-0.4, -0.2) is 131 Å². The summed E-state index contributed by atoms with van der Waals surface area (Å²) in [6.07, 6.45) is -1.000. The number of likely N-dealkylation sites (N-methyl/N-ethyl adjacent to an activating group) is 1. The van der Waals surface area contributed by atoms with Crippen LogP contribution in [0.1, 0.15) is 100 Å². The van der Waals surface area contributed by atoms with Crippen molar-refractivity contribution in [3.63, 3.8) is 0 Å². The van der Waals surface area contributed by atoms with Gasteiger partial charge in [0.1, 0.15) is 24.6 Å². The number of cyclic esters (lactones) is 1.